The van der Waals surface area contributed by atoms with Crippen molar-refractivity contribution < 1.29 is 14.3 Å². The van der Waals surface area contributed by atoms with Crippen LogP contribution in [0.1, 0.15) is 21.5 Å². The number of methoxy groups -OCH3 is 1. The molecule has 0 unspecified atom stereocenters. The summed E-state index contributed by atoms with van der Waals surface area (Å²) in [6.45, 7) is 4.01. The molecule has 2 N–H and O–H groups in total. The van der Waals surface area contributed by atoms with Crippen LogP contribution in [0.5, 0.6) is 5.75 Å². The molecule has 5 nitrogen and oxygen atoms in total. The van der Waals surface area contributed by atoms with E-state index < -0.39 is 0 Å². The van der Waals surface area contributed by atoms with Crippen molar-refractivity contribution in [1.29, 1.82) is 0 Å². The highest BCUT2D eigenvalue weighted by Crippen LogP contribution is 2.22. The van der Waals surface area contributed by atoms with Crippen LogP contribution in [0, 0.1) is 13.8 Å². The first kappa shape index (κ1) is 21.5. The Morgan fingerprint density at radius 2 is 1.47 bits per heavy atom. The van der Waals surface area contributed by atoms with Crippen LogP contribution in [0.25, 0.3) is 0 Å². The van der Waals surface area contributed by atoms with Crippen LogP contribution < -0.4 is 15.4 Å². The van der Waals surface area contributed by atoms with Crippen molar-refractivity contribution >= 4 is 35.0 Å². The molecule has 0 aliphatic heterocycles. The molecule has 0 aliphatic carbocycles. The van der Waals surface area contributed by atoms with Gasteiger partial charge >= 0.3 is 0 Å². The molecule has 3 aromatic rings. The molecule has 30 heavy (non-hydrogen) atoms. The van der Waals surface area contributed by atoms with Gasteiger partial charge in [0, 0.05) is 21.8 Å². The number of anilines is 2. The van der Waals surface area contributed by atoms with Gasteiger partial charge in [0.2, 0.25) is 5.91 Å². The largest absolute Gasteiger partial charge is 0.497 e. The Kier molecular flexibility index (Phi) is 7.14. The van der Waals surface area contributed by atoms with Gasteiger partial charge in [-0.3, -0.25) is 9.59 Å². The summed E-state index contributed by atoms with van der Waals surface area (Å²) in [7, 11) is 1.59. The molecule has 0 aromatic heterocycles. The quantitative estimate of drug-likeness (QED) is 0.509. The van der Waals surface area contributed by atoms with Crippen LogP contribution in [0.15, 0.2) is 71.6 Å². The van der Waals surface area contributed by atoms with Crippen molar-refractivity contribution in [1.82, 2.24) is 0 Å². The van der Waals surface area contributed by atoms with Crippen molar-refractivity contribution in [3.63, 3.8) is 0 Å². The maximum atomic E-state index is 12.3. The zero-order chi connectivity index (χ0) is 21.5. The highest BCUT2D eigenvalue weighted by molar-refractivity contribution is 8.00. The molecule has 0 saturated heterocycles. The summed E-state index contributed by atoms with van der Waals surface area (Å²) < 4.78 is 5.10. The molecule has 2 amide bonds. The number of aryl methyl sites for hydroxylation is 2. The Labute approximate surface area is 180 Å². The van der Waals surface area contributed by atoms with Crippen molar-refractivity contribution in [3.05, 3.63) is 83.4 Å². The smallest absolute Gasteiger partial charge is 0.255 e. The van der Waals surface area contributed by atoms with Gasteiger partial charge in [-0.1, -0.05) is 6.07 Å². The van der Waals surface area contributed by atoms with Gasteiger partial charge in [0.05, 0.1) is 12.9 Å². The lowest BCUT2D eigenvalue weighted by atomic mass is 10.1. The van der Waals surface area contributed by atoms with Crippen LogP contribution in [0.2, 0.25) is 0 Å². The fraction of sp³-hybridized carbons (Fsp3) is 0.167. The SMILES string of the molecule is COc1ccc(C(=O)Nc2ccc(SCC(=O)Nc3cc(C)cc(C)c3)cc2)cc1. The second kappa shape index (κ2) is 9.98. The molecular weight excluding hydrogens is 396 g/mol. The molecule has 0 radical (unpaired) electrons. The summed E-state index contributed by atoms with van der Waals surface area (Å²) in [5.41, 5.74) is 4.29. The molecule has 0 atom stereocenters. The highest BCUT2D eigenvalue weighted by Gasteiger charge is 2.08. The van der Waals surface area contributed by atoms with Gasteiger partial charge in [0.15, 0.2) is 0 Å². The topological polar surface area (TPSA) is 67.4 Å². The van der Waals surface area contributed by atoms with E-state index in [-0.39, 0.29) is 11.8 Å². The van der Waals surface area contributed by atoms with E-state index in [0.717, 1.165) is 21.7 Å². The van der Waals surface area contributed by atoms with Crippen molar-refractivity contribution in [2.45, 2.75) is 18.7 Å². The van der Waals surface area contributed by atoms with Crippen LogP contribution in [0.4, 0.5) is 11.4 Å². The van der Waals surface area contributed by atoms with E-state index in [0.29, 0.717) is 22.8 Å². The molecule has 3 rings (SSSR count). The van der Waals surface area contributed by atoms with Crippen molar-refractivity contribution in [2.75, 3.05) is 23.5 Å². The number of nitrogens with one attached hydrogen (secondary N) is 2. The van der Waals surface area contributed by atoms with Gasteiger partial charge < -0.3 is 15.4 Å². The molecule has 0 saturated carbocycles. The monoisotopic (exact) mass is 420 g/mol. The highest BCUT2D eigenvalue weighted by atomic mass is 32.2. The number of hydrogen-bond donors (Lipinski definition) is 2. The Hall–Kier alpha value is -3.25. The minimum absolute atomic E-state index is 0.0538. The van der Waals surface area contributed by atoms with E-state index >= 15 is 0 Å². The summed E-state index contributed by atoms with van der Waals surface area (Å²) in [5.74, 6) is 0.770. The Morgan fingerprint density at radius 1 is 0.833 bits per heavy atom. The third-order valence-corrected chi connectivity index (χ3v) is 5.35. The normalized spacial score (nSPS) is 10.4. The van der Waals surface area contributed by atoms with E-state index in [9.17, 15) is 9.59 Å². The molecule has 154 valence electrons. The molecule has 6 heteroatoms. The number of amides is 2. The number of thioether (sulfide) groups is 1. The van der Waals surface area contributed by atoms with E-state index in [1.807, 2.05) is 50.2 Å². The second-order valence-electron chi connectivity index (χ2n) is 6.92. The van der Waals surface area contributed by atoms with Gasteiger partial charge in [-0.05, 0) is 85.6 Å². The van der Waals surface area contributed by atoms with Crippen LogP contribution in [0.3, 0.4) is 0 Å². The molecule has 3 aromatic carbocycles. The van der Waals surface area contributed by atoms with Gasteiger partial charge in [-0.2, -0.15) is 0 Å². The summed E-state index contributed by atoms with van der Waals surface area (Å²) in [4.78, 5) is 25.5. The number of ether oxygens (including phenoxy) is 1. The maximum absolute atomic E-state index is 12.3. The zero-order valence-corrected chi connectivity index (χ0v) is 18.0. The van der Waals surface area contributed by atoms with Gasteiger partial charge in [0.1, 0.15) is 5.75 Å². The average Bonchev–Trinajstić information content (AvgIpc) is 2.72. The minimum atomic E-state index is -0.189. The minimum Gasteiger partial charge on any atom is -0.497 e. The van der Waals surface area contributed by atoms with Gasteiger partial charge in [0.25, 0.3) is 5.91 Å². The molecular formula is C24H24N2O3S. The predicted octanol–water partition coefficient (Wildman–Crippen LogP) is 5.30. The first-order valence-electron chi connectivity index (χ1n) is 9.49. The van der Waals surface area contributed by atoms with E-state index in [2.05, 4.69) is 16.7 Å². The third kappa shape index (κ3) is 6.12. The summed E-state index contributed by atoms with van der Waals surface area (Å²) >= 11 is 1.45. The number of hydrogen-bond acceptors (Lipinski definition) is 4. The van der Waals surface area contributed by atoms with Crippen LogP contribution in [-0.2, 0) is 4.79 Å². The number of benzene rings is 3. The van der Waals surface area contributed by atoms with Crippen molar-refractivity contribution in [3.8, 4) is 5.75 Å². The number of carbonyl (C=O) groups excluding carboxylic acids is 2. The number of carbonyl (C=O) groups is 2. The van der Waals surface area contributed by atoms with Crippen LogP contribution in [-0.4, -0.2) is 24.7 Å². The first-order chi connectivity index (χ1) is 14.4. The Bertz CT molecular complexity index is 1010. The van der Waals surface area contributed by atoms with Crippen molar-refractivity contribution in [2.24, 2.45) is 0 Å². The standard InChI is InChI=1S/C24H24N2O3S/c1-16-12-17(2)14-20(13-16)25-23(27)15-30-22-10-6-19(7-11-22)26-24(28)18-4-8-21(29-3)9-5-18/h4-14H,15H2,1-3H3,(H,25,27)(H,26,28). The summed E-state index contributed by atoms with van der Waals surface area (Å²) in [6.07, 6.45) is 0. The third-order valence-electron chi connectivity index (χ3n) is 4.34. The summed E-state index contributed by atoms with van der Waals surface area (Å²) in [6, 6.07) is 20.3. The number of rotatable bonds is 7. The fourth-order valence-electron chi connectivity index (χ4n) is 2.97. The van der Waals surface area contributed by atoms with Crippen LogP contribution >= 0.6 is 11.8 Å². The first-order valence-corrected chi connectivity index (χ1v) is 10.5. The molecule has 0 heterocycles. The Morgan fingerprint density at radius 3 is 2.07 bits per heavy atom. The molecule has 0 aliphatic rings. The average molecular weight is 421 g/mol. The summed E-state index contributed by atoms with van der Waals surface area (Å²) in [5, 5.41) is 5.79. The Balaban J connectivity index is 1.51. The molecule has 0 spiro atoms. The molecule has 0 fully saturated rings. The lowest BCUT2D eigenvalue weighted by Crippen LogP contribution is -2.14. The van der Waals surface area contributed by atoms with E-state index in [4.69, 9.17) is 4.74 Å². The lowest BCUT2D eigenvalue weighted by molar-refractivity contribution is -0.113. The van der Waals surface area contributed by atoms with Gasteiger partial charge in [-0.25, -0.2) is 0 Å². The fourth-order valence-corrected chi connectivity index (χ4v) is 3.67. The predicted molar refractivity (Wildman–Crippen MR) is 123 cm³/mol. The lowest BCUT2D eigenvalue weighted by Gasteiger charge is -2.09. The maximum Gasteiger partial charge on any atom is 0.255 e. The van der Waals surface area contributed by atoms with E-state index in [1.165, 1.54) is 11.8 Å². The van der Waals surface area contributed by atoms with Gasteiger partial charge in [-0.15, -0.1) is 11.8 Å². The second-order valence-corrected chi connectivity index (χ2v) is 7.97. The van der Waals surface area contributed by atoms with E-state index in [1.54, 1.807) is 31.4 Å². The molecule has 0 bridgehead atoms. The zero-order valence-electron chi connectivity index (χ0n) is 17.2.